The van der Waals surface area contributed by atoms with Crippen LogP contribution >= 0.6 is 0 Å². The zero-order valence-electron chi connectivity index (χ0n) is 14.6. The molecule has 1 fully saturated rings. The summed E-state index contributed by atoms with van der Waals surface area (Å²) in [6, 6.07) is 7.77. The van der Waals surface area contributed by atoms with Crippen molar-refractivity contribution in [2.24, 2.45) is 0 Å². The summed E-state index contributed by atoms with van der Waals surface area (Å²) in [5.41, 5.74) is 0.901. The van der Waals surface area contributed by atoms with Crippen LogP contribution in [0.2, 0.25) is 0 Å². The van der Waals surface area contributed by atoms with Crippen molar-refractivity contribution in [3.8, 4) is 11.5 Å². The van der Waals surface area contributed by atoms with E-state index in [0.29, 0.717) is 18.9 Å². The zero-order valence-corrected chi connectivity index (χ0v) is 14.6. The van der Waals surface area contributed by atoms with Gasteiger partial charge in [-0.25, -0.2) is 4.68 Å². The number of benzene rings is 1. The Hall–Kier alpha value is -2.61. The first kappa shape index (κ1) is 16.8. The van der Waals surface area contributed by atoms with Crippen LogP contribution in [0, 0.1) is 0 Å². The molecule has 1 saturated heterocycles. The molecule has 8 nitrogen and oxygen atoms in total. The predicted molar refractivity (Wildman–Crippen MR) is 94.0 cm³/mol. The Balaban J connectivity index is 1.25. The van der Waals surface area contributed by atoms with E-state index in [1.165, 1.54) is 12.8 Å². The van der Waals surface area contributed by atoms with Crippen LogP contribution in [0.15, 0.2) is 30.5 Å². The molecule has 2 aromatic rings. The number of para-hydroxylation sites is 2. The number of carbonyl (C=O) groups excluding carboxylic acids is 1. The summed E-state index contributed by atoms with van der Waals surface area (Å²) in [5, 5.41) is 14.6. The van der Waals surface area contributed by atoms with Gasteiger partial charge in [0.2, 0.25) is 5.91 Å². The highest BCUT2D eigenvalue weighted by atomic mass is 16.6. The molecule has 1 aromatic carbocycles. The Morgan fingerprint density at radius 1 is 1.31 bits per heavy atom. The number of rotatable bonds is 5. The maximum absolute atomic E-state index is 12.2. The van der Waals surface area contributed by atoms with Gasteiger partial charge in [0, 0.05) is 0 Å². The number of fused-ring (bicyclic) bond motifs is 1. The molecule has 0 bridgehead atoms. The number of piperidine rings is 1. The van der Waals surface area contributed by atoms with Crippen LogP contribution in [0.3, 0.4) is 0 Å². The number of hydrogen-bond donors (Lipinski definition) is 2. The van der Waals surface area contributed by atoms with Gasteiger partial charge in [0.05, 0.1) is 24.5 Å². The normalized spacial score (nSPS) is 22.0. The Kier molecular flexibility index (Phi) is 5.01. The van der Waals surface area contributed by atoms with Gasteiger partial charge in [-0.2, -0.15) is 0 Å². The first-order valence-corrected chi connectivity index (χ1v) is 9.06. The zero-order chi connectivity index (χ0) is 17.8. The van der Waals surface area contributed by atoms with Crippen molar-refractivity contribution in [3.05, 3.63) is 36.2 Å². The fourth-order valence-corrected chi connectivity index (χ4v) is 3.25. The van der Waals surface area contributed by atoms with Crippen LogP contribution in [0.4, 0.5) is 0 Å². The highest BCUT2D eigenvalue weighted by Gasteiger charge is 2.22. The molecule has 1 amide bonds. The van der Waals surface area contributed by atoms with Crippen molar-refractivity contribution < 1.29 is 14.3 Å². The molecule has 8 heteroatoms. The van der Waals surface area contributed by atoms with Crippen LogP contribution in [0.25, 0.3) is 0 Å². The average Bonchev–Trinajstić information content (AvgIpc) is 3.15. The second kappa shape index (κ2) is 7.74. The van der Waals surface area contributed by atoms with Crippen LogP contribution in [-0.2, 0) is 11.3 Å². The topological polar surface area (TPSA) is 90.3 Å². The molecule has 138 valence electrons. The van der Waals surface area contributed by atoms with Crippen LogP contribution in [-0.4, -0.2) is 46.7 Å². The summed E-state index contributed by atoms with van der Waals surface area (Å²) >= 11 is 0. The minimum Gasteiger partial charge on any atom is -0.486 e. The van der Waals surface area contributed by atoms with Gasteiger partial charge in [0.15, 0.2) is 11.5 Å². The van der Waals surface area contributed by atoms with Gasteiger partial charge >= 0.3 is 0 Å². The lowest BCUT2D eigenvalue weighted by molar-refractivity contribution is -0.122. The third kappa shape index (κ3) is 3.96. The van der Waals surface area contributed by atoms with E-state index in [-0.39, 0.29) is 24.6 Å². The summed E-state index contributed by atoms with van der Waals surface area (Å²) in [5.74, 6) is 1.32. The lowest BCUT2D eigenvalue weighted by Gasteiger charge is -2.26. The maximum atomic E-state index is 12.2. The van der Waals surface area contributed by atoms with Gasteiger partial charge in [-0.05, 0) is 31.5 Å². The van der Waals surface area contributed by atoms with Gasteiger partial charge in [-0.15, -0.1) is 5.10 Å². The Morgan fingerprint density at radius 2 is 2.19 bits per heavy atom. The number of nitrogens with zero attached hydrogens (tertiary/aromatic N) is 3. The third-order valence-corrected chi connectivity index (χ3v) is 4.62. The van der Waals surface area contributed by atoms with E-state index < -0.39 is 0 Å². The van der Waals surface area contributed by atoms with E-state index in [0.717, 1.165) is 24.4 Å². The molecule has 0 aliphatic carbocycles. The Bertz CT molecular complexity index is 757. The van der Waals surface area contributed by atoms with Crippen molar-refractivity contribution in [2.75, 3.05) is 19.7 Å². The molecule has 3 heterocycles. The SMILES string of the molecule is O=C(Cn1cc(C2CCCCN2)nn1)NCC1COc2ccccc2O1. The number of carbonyl (C=O) groups is 1. The van der Waals surface area contributed by atoms with Crippen LogP contribution in [0.5, 0.6) is 11.5 Å². The molecule has 0 radical (unpaired) electrons. The minimum atomic E-state index is -0.202. The number of aromatic nitrogens is 3. The van der Waals surface area contributed by atoms with Crippen molar-refractivity contribution in [3.63, 3.8) is 0 Å². The minimum absolute atomic E-state index is 0.125. The van der Waals surface area contributed by atoms with E-state index in [1.54, 1.807) is 4.68 Å². The van der Waals surface area contributed by atoms with Gasteiger partial charge in [-0.3, -0.25) is 4.79 Å². The first-order chi connectivity index (χ1) is 12.8. The monoisotopic (exact) mass is 357 g/mol. The Labute approximate surface area is 151 Å². The van der Waals surface area contributed by atoms with Crippen molar-refractivity contribution in [2.45, 2.75) is 38.0 Å². The quantitative estimate of drug-likeness (QED) is 0.831. The molecule has 26 heavy (non-hydrogen) atoms. The van der Waals surface area contributed by atoms with Crippen LogP contribution in [0.1, 0.15) is 31.0 Å². The van der Waals surface area contributed by atoms with E-state index in [2.05, 4.69) is 20.9 Å². The second-order valence-electron chi connectivity index (χ2n) is 6.65. The molecule has 2 aliphatic heterocycles. The molecule has 2 unspecified atom stereocenters. The molecular weight excluding hydrogens is 334 g/mol. The van der Waals surface area contributed by atoms with Crippen molar-refractivity contribution >= 4 is 5.91 Å². The van der Waals surface area contributed by atoms with E-state index in [9.17, 15) is 4.79 Å². The van der Waals surface area contributed by atoms with Gasteiger partial charge < -0.3 is 20.1 Å². The number of hydrogen-bond acceptors (Lipinski definition) is 6. The summed E-state index contributed by atoms with van der Waals surface area (Å²) in [6.45, 7) is 1.95. The van der Waals surface area contributed by atoms with Crippen molar-refractivity contribution in [1.29, 1.82) is 0 Å². The first-order valence-electron chi connectivity index (χ1n) is 9.06. The highest BCUT2D eigenvalue weighted by molar-refractivity contribution is 5.75. The lowest BCUT2D eigenvalue weighted by atomic mass is 10.0. The lowest BCUT2D eigenvalue weighted by Crippen LogP contribution is -2.41. The largest absolute Gasteiger partial charge is 0.486 e. The fourth-order valence-electron chi connectivity index (χ4n) is 3.25. The van der Waals surface area contributed by atoms with Gasteiger partial charge in [-0.1, -0.05) is 23.8 Å². The number of ether oxygens (including phenoxy) is 2. The number of nitrogens with one attached hydrogen (secondary N) is 2. The summed E-state index contributed by atoms with van der Waals surface area (Å²) in [6.07, 6.45) is 5.10. The third-order valence-electron chi connectivity index (χ3n) is 4.62. The predicted octanol–water partition coefficient (Wildman–Crippen LogP) is 1.05. The maximum Gasteiger partial charge on any atom is 0.241 e. The fraction of sp³-hybridized carbons (Fsp3) is 0.500. The van der Waals surface area contributed by atoms with E-state index >= 15 is 0 Å². The molecule has 2 aliphatic rings. The summed E-state index contributed by atoms with van der Waals surface area (Å²) < 4.78 is 13.1. The molecule has 0 spiro atoms. The number of amides is 1. The van der Waals surface area contributed by atoms with E-state index in [1.807, 2.05) is 30.5 Å². The van der Waals surface area contributed by atoms with Crippen LogP contribution < -0.4 is 20.1 Å². The summed E-state index contributed by atoms with van der Waals surface area (Å²) in [7, 11) is 0. The average molecular weight is 357 g/mol. The molecule has 4 rings (SSSR count). The molecular formula is C18H23N5O3. The molecule has 0 saturated carbocycles. The molecule has 2 N–H and O–H groups in total. The molecule has 2 atom stereocenters. The van der Waals surface area contributed by atoms with Crippen molar-refractivity contribution in [1.82, 2.24) is 25.6 Å². The Morgan fingerprint density at radius 3 is 3.04 bits per heavy atom. The van der Waals surface area contributed by atoms with Gasteiger partial charge in [0.25, 0.3) is 0 Å². The van der Waals surface area contributed by atoms with E-state index in [4.69, 9.17) is 9.47 Å². The highest BCUT2D eigenvalue weighted by Crippen LogP contribution is 2.30. The van der Waals surface area contributed by atoms with Gasteiger partial charge in [0.1, 0.15) is 19.3 Å². The standard InChI is InChI=1S/C18H23N5O3/c24-18(11-23-10-15(21-22-23)14-5-3-4-8-19-14)20-9-13-12-25-16-6-1-2-7-17(16)26-13/h1-2,6-7,10,13-14,19H,3-5,8-9,11-12H2,(H,20,24). The summed E-state index contributed by atoms with van der Waals surface area (Å²) in [4.78, 5) is 12.2. The second-order valence-corrected chi connectivity index (χ2v) is 6.65. The smallest absolute Gasteiger partial charge is 0.241 e. The molecule has 1 aromatic heterocycles.